The van der Waals surface area contributed by atoms with E-state index in [4.69, 9.17) is 0 Å². The zero-order chi connectivity index (χ0) is 8.59. The van der Waals surface area contributed by atoms with E-state index in [0.29, 0.717) is 5.92 Å². The van der Waals surface area contributed by atoms with Gasteiger partial charge in [0.15, 0.2) is 0 Å². The molecule has 1 rings (SSSR count). The van der Waals surface area contributed by atoms with Crippen LogP contribution in [0, 0.1) is 20.8 Å². The third kappa shape index (κ3) is 1.48. The minimum atomic E-state index is 0.687. The summed E-state index contributed by atoms with van der Waals surface area (Å²) in [5, 5.41) is 0. The first-order valence-corrected chi connectivity index (χ1v) is 4.92. The molecule has 62 valence electrons. The van der Waals surface area contributed by atoms with Crippen molar-refractivity contribution in [2.24, 2.45) is 0 Å². The summed E-state index contributed by atoms with van der Waals surface area (Å²) >= 11 is 1.95. The van der Waals surface area contributed by atoms with Crippen LogP contribution in [0.1, 0.15) is 40.6 Å². The molecule has 0 unspecified atom stereocenters. The highest BCUT2D eigenvalue weighted by Crippen LogP contribution is 2.31. The molecule has 0 amide bonds. The van der Waals surface area contributed by atoms with E-state index in [9.17, 15) is 0 Å². The van der Waals surface area contributed by atoms with Crippen molar-refractivity contribution in [2.45, 2.75) is 40.5 Å². The van der Waals surface area contributed by atoms with Crippen molar-refractivity contribution in [3.8, 4) is 0 Å². The third-order valence-electron chi connectivity index (χ3n) is 2.25. The van der Waals surface area contributed by atoms with E-state index in [-0.39, 0.29) is 0 Å². The molecular formula is C10H16S. The van der Waals surface area contributed by atoms with Crippen molar-refractivity contribution in [1.29, 1.82) is 0 Å². The summed E-state index contributed by atoms with van der Waals surface area (Å²) in [6.45, 7) is 11.2. The van der Waals surface area contributed by atoms with Gasteiger partial charge in [-0.15, -0.1) is 11.3 Å². The van der Waals surface area contributed by atoms with Gasteiger partial charge in [0.1, 0.15) is 0 Å². The Morgan fingerprint density at radius 1 is 1.00 bits per heavy atom. The lowest BCUT2D eigenvalue weighted by atomic mass is 10.1. The molecule has 11 heavy (non-hydrogen) atoms. The quantitative estimate of drug-likeness (QED) is 0.598. The van der Waals surface area contributed by atoms with Gasteiger partial charge in [0.05, 0.1) is 0 Å². The molecule has 0 saturated heterocycles. The minimum Gasteiger partial charge on any atom is -0.145 e. The maximum Gasteiger partial charge on any atom is 0.0105 e. The van der Waals surface area contributed by atoms with Crippen LogP contribution in [0.3, 0.4) is 0 Å². The third-order valence-corrected chi connectivity index (χ3v) is 3.86. The second-order valence-electron chi connectivity index (χ2n) is 3.43. The number of rotatable bonds is 1. The highest BCUT2D eigenvalue weighted by molar-refractivity contribution is 7.12. The lowest BCUT2D eigenvalue weighted by Gasteiger charge is -2.01. The average molecular weight is 168 g/mol. The fourth-order valence-corrected chi connectivity index (χ4v) is 2.50. The van der Waals surface area contributed by atoms with Crippen LogP contribution in [0.2, 0.25) is 0 Å². The molecule has 0 N–H and O–H groups in total. The molecule has 1 heteroatoms. The Bertz CT molecular complexity index is 256. The van der Waals surface area contributed by atoms with Gasteiger partial charge in [0, 0.05) is 9.75 Å². The molecule has 0 aliphatic heterocycles. The van der Waals surface area contributed by atoms with Gasteiger partial charge in [0.25, 0.3) is 0 Å². The van der Waals surface area contributed by atoms with Gasteiger partial charge in [-0.1, -0.05) is 13.8 Å². The van der Waals surface area contributed by atoms with Gasteiger partial charge in [-0.25, -0.2) is 0 Å². The van der Waals surface area contributed by atoms with E-state index in [2.05, 4.69) is 34.6 Å². The molecule has 1 heterocycles. The van der Waals surface area contributed by atoms with Gasteiger partial charge in [0.2, 0.25) is 0 Å². The van der Waals surface area contributed by atoms with E-state index in [1.54, 1.807) is 4.88 Å². The molecule has 1 aromatic heterocycles. The molecule has 0 aliphatic carbocycles. The standard InChI is InChI=1S/C10H16S/c1-6(2)10-8(4)7(3)9(5)11-10/h6H,1-5H3. The monoisotopic (exact) mass is 168 g/mol. The molecule has 0 spiro atoms. The van der Waals surface area contributed by atoms with Crippen molar-refractivity contribution in [3.05, 3.63) is 20.9 Å². The van der Waals surface area contributed by atoms with Gasteiger partial charge < -0.3 is 0 Å². The van der Waals surface area contributed by atoms with Crippen LogP contribution in [0.4, 0.5) is 0 Å². The van der Waals surface area contributed by atoms with Crippen LogP contribution in [0.25, 0.3) is 0 Å². The molecule has 0 aliphatic rings. The Kier molecular flexibility index (Phi) is 2.38. The predicted octanol–water partition coefficient (Wildman–Crippen LogP) is 3.80. The van der Waals surface area contributed by atoms with E-state index >= 15 is 0 Å². The number of thiophene rings is 1. The number of hydrogen-bond donors (Lipinski definition) is 0. The van der Waals surface area contributed by atoms with Crippen molar-refractivity contribution in [3.63, 3.8) is 0 Å². The van der Waals surface area contributed by atoms with Crippen LogP contribution in [0.15, 0.2) is 0 Å². The van der Waals surface area contributed by atoms with E-state index in [1.807, 2.05) is 11.3 Å². The summed E-state index contributed by atoms with van der Waals surface area (Å²) in [6.07, 6.45) is 0. The fraction of sp³-hybridized carbons (Fsp3) is 0.600. The molecule has 0 saturated carbocycles. The van der Waals surface area contributed by atoms with E-state index in [0.717, 1.165) is 0 Å². The normalized spacial score (nSPS) is 11.1. The maximum atomic E-state index is 2.26. The largest absolute Gasteiger partial charge is 0.145 e. The summed E-state index contributed by atoms with van der Waals surface area (Å²) in [4.78, 5) is 3.03. The molecule has 0 nitrogen and oxygen atoms in total. The van der Waals surface area contributed by atoms with Crippen molar-refractivity contribution < 1.29 is 0 Å². The van der Waals surface area contributed by atoms with Crippen LogP contribution in [0.5, 0.6) is 0 Å². The lowest BCUT2D eigenvalue weighted by Crippen LogP contribution is -1.85. The maximum absolute atomic E-state index is 2.26. The highest BCUT2D eigenvalue weighted by atomic mass is 32.1. The van der Waals surface area contributed by atoms with Crippen molar-refractivity contribution in [2.75, 3.05) is 0 Å². The summed E-state index contributed by atoms with van der Waals surface area (Å²) in [5.74, 6) is 0.687. The van der Waals surface area contributed by atoms with Crippen molar-refractivity contribution in [1.82, 2.24) is 0 Å². The van der Waals surface area contributed by atoms with Gasteiger partial charge in [-0.05, 0) is 37.8 Å². The Labute approximate surface area is 73.3 Å². The van der Waals surface area contributed by atoms with Crippen LogP contribution in [-0.2, 0) is 0 Å². The summed E-state index contributed by atoms with van der Waals surface area (Å²) in [6, 6.07) is 0. The Morgan fingerprint density at radius 3 is 1.73 bits per heavy atom. The van der Waals surface area contributed by atoms with Crippen molar-refractivity contribution >= 4 is 11.3 Å². The van der Waals surface area contributed by atoms with E-state index < -0.39 is 0 Å². The summed E-state index contributed by atoms with van der Waals surface area (Å²) in [5.41, 5.74) is 2.99. The van der Waals surface area contributed by atoms with Gasteiger partial charge in [-0.2, -0.15) is 0 Å². The first kappa shape index (κ1) is 8.79. The molecule has 0 radical (unpaired) electrons. The van der Waals surface area contributed by atoms with Crippen LogP contribution < -0.4 is 0 Å². The SMILES string of the molecule is Cc1sc(C(C)C)c(C)c1C. The van der Waals surface area contributed by atoms with Gasteiger partial charge >= 0.3 is 0 Å². The molecule has 1 aromatic rings. The summed E-state index contributed by atoms with van der Waals surface area (Å²) in [7, 11) is 0. The van der Waals surface area contributed by atoms with E-state index in [1.165, 1.54) is 16.0 Å². The number of aryl methyl sites for hydroxylation is 1. The van der Waals surface area contributed by atoms with Crippen LogP contribution >= 0.6 is 11.3 Å². The Balaban J connectivity index is 3.19. The fourth-order valence-electron chi connectivity index (χ4n) is 1.32. The molecule has 0 fully saturated rings. The second-order valence-corrected chi connectivity index (χ2v) is 4.68. The first-order chi connectivity index (χ1) is 5.04. The number of hydrogen-bond acceptors (Lipinski definition) is 1. The topological polar surface area (TPSA) is 0 Å². The smallest absolute Gasteiger partial charge is 0.0105 e. The lowest BCUT2D eigenvalue weighted by molar-refractivity contribution is 0.879. The molecule has 0 aromatic carbocycles. The minimum absolute atomic E-state index is 0.687. The molecule has 0 atom stereocenters. The molecule has 0 bridgehead atoms. The summed E-state index contributed by atoms with van der Waals surface area (Å²) < 4.78 is 0. The second kappa shape index (κ2) is 2.98. The van der Waals surface area contributed by atoms with Gasteiger partial charge in [-0.3, -0.25) is 0 Å². The average Bonchev–Trinajstić information content (AvgIpc) is 2.17. The highest BCUT2D eigenvalue weighted by Gasteiger charge is 2.10. The van der Waals surface area contributed by atoms with Crippen LogP contribution in [-0.4, -0.2) is 0 Å². The predicted molar refractivity (Wildman–Crippen MR) is 52.6 cm³/mol. The Morgan fingerprint density at radius 2 is 1.55 bits per heavy atom. The molecular weight excluding hydrogens is 152 g/mol. The zero-order valence-electron chi connectivity index (χ0n) is 7.99. The Hall–Kier alpha value is -0.300. The zero-order valence-corrected chi connectivity index (χ0v) is 8.80. The first-order valence-electron chi connectivity index (χ1n) is 4.10.